The first-order valence-corrected chi connectivity index (χ1v) is 10.1. The van der Waals surface area contributed by atoms with Gasteiger partial charge in [-0.3, -0.25) is 0 Å². The summed E-state index contributed by atoms with van der Waals surface area (Å²) in [5, 5.41) is 1.81. The van der Waals surface area contributed by atoms with E-state index in [1.165, 1.54) is 16.8 Å². The molecular formula is C22H27BrN2O2. The molecule has 5 heteroatoms. The highest BCUT2D eigenvalue weighted by atomic mass is 79.9. The van der Waals surface area contributed by atoms with Gasteiger partial charge in [0.1, 0.15) is 0 Å². The van der Waals surface area contributed by atoms with Crippen molar-refractivity contribution in [2.45, 2.75) is 33.7 Å². The van der Waals surface area contributed by atoms with Crippen LogP contribution in [0.15, 0.2) is 53.0 Å². The molecule has 27 heavy (non-hydrogen) atoms. The first kappa shape index (κ1) is 19.9. The van der Waals surface area contributed by atoms with E-state index in [1.54, 1.807) is 0 Å². The predicted octanol–water partition coefficient (Wildman–Crippen LogP) is 5.13. The highest BCUT2D eigenvalue weighted by Crippen LogP contribution is 2.34. The third-order valence-corrected chi connectivity index (χ3v) is 5.32. The Hall–Kier alpha value is -1.85. The minimum atomic E-state index is -0.515. The summed E-state index contributed by atoms with van der Waals surface area (Å²) >= 11 is 3.58. The molecule has 0 saturated carbocycles. The number of benzene rings is 2. The number of anilines is 1. The maximum absolute atomic E-state index is 12.4. The fourth-order valence-corrected chi connectivity index (χ4v) is 3.69. The highest BCUT2D eigenvalue weighted by Gasteiger charge is 2.33. The molecule has 1 saturated heterocycles. The maximum Gasteiger partial charge on any atom is 0.330 e. The van der Waals surface area contributed by atoms with Crippen LogP contribution in [0.3, 0.4) is 0 Å². The lowest BCUT2D eigenvalue weighted by molar-refractivity contribution is -0.203. The molecule has 0 aliphatic carbocycles. The molecular weight excluding hydrogens is 404 g/mol. The molecule has 1 unspecified atom stereocenters. The number of rotatable bonds is 3. The smallest absolute Gasteiger partial charge is 0.330 e. The fraction of sp³-hybridized carbons (Fsp3) is 0.409. The topological polar surface area (TPSA) is 32.8 Å². The molecule has 0 spiro atoms. The minimum absolute atomic E-state index is 0.102. The van der Waals surface area contributed by atoms with E-state index in [2.05, 4.69) is 70.2 Å². The summed E-state index contributed by atoms with van der Waals surface area (Å²) in [5.74, 6) is -0.195. The minimum Gasteiger partial charge on any atom is -0.367 e. The van der Waals surface area contributed by atoms with Gasteiger partial charge in [-0.1, -0.05) is 46.3 Å². The van der Waals surface area contributed by atoms with Crippen LogP contribution < -0.4 is 4.90 Å². The van der Waals surface area contributed by atoms with Gasteiger partial charge in [0.2, 0.25) is 0 Å². The number of hydrogen-bond acceptors (Lipinski definition) is 4. The van der Waals surface area contributed by atoms with Crippen molar-refractivity contribution in [1.82, 2.24) is 5.06 Å². The summed E-state index contributed by atoms with van der Waals surface area (Å²) in [6, 6.07) is 16.9. The summed E-state index contributed by atoms with van der Waals surface area (Å²) in [5.41, 5.74) is 3.16. The van der Waals surface area contributed by atoms with Gasteiger partial charge < -0.3 is 9.74 Å². The number of hydroxylamine groups is 2. The van der Waals surface area contributed by atoms with E-state index in [0.717, 1.165) is 11.0 Å². The first-order chi connectivity index (χ1) is 12.8. The van der Waals surface area contributed by atoms with E-state index in [4.69, 9.17) is 4.84 Å². The second-order valence-electron chi connectivity index (χ2n) is 8.07. The molecule has 1 atom stereocenters. The summed E-state index contributed by atoms with van der Waals surface area (Å²) in [6.45, 7) is 9.88. The Morgan fingerprint density at radius 2 is 1.85 bits per heavy atom. The van der Waals surface area contributed by atoms with E-state index in [9.17, 15) is 4.79 Å². The molecule has 2 aromatic carbocycles. The average molecular weight is 431 g/mol. The second kappa shape index (κ2) is 8.03. The molecule has 0 radical (unpaired) electrons. The lowest BCUT2D eigenvalue weighted by Gasteiger charge is -2.43. The van der Waals surface area contributed by atoms with Crippen molar-refractivity contribution in [1.29, 1.82) is 0 Å². The van der Waals surface area contributed by atoms with E-state index in [-0.39, 0.29) is 12.0 Å². The Morgan fingerprint density at radius 3 is 2.52 bits per heavy atom. The Morgan fingerprint density at radius 1 is 1.11 bits per heavy atom. The number of hydrogen-bond donors (Lipinski definition) is 0. The van der Waals surface area contributed by atoms with Gasteiger partial charge in [0.25, 0.3) is 0 Å². The molecule has 1 aliphatic rings. The molecule has 2 aromatic rings. The van der Waals surface area contributed by atoms with Crippen LogP contribution in [0.2, 0.25) is 0 Å². The molecule has 0 bridgehead atoms. The number of carbonyl (C=O) groups is 1. The van der Waals surface area contributed by atoms with Crippen LogP contribution in [-0.2, 0) is 9.63 Å². The fourth-order valence-electron chi connectivity index (χ4n) is 3.27. The zero-order valence-corrected chi connectivity index (χ0v) is 18.0. The van der Waals surface area contributed by atoms with Gasteiger partial charge in [0, 0.05) is 16.7 Å². The van der Waals surface area contributed by atoms with Gasteiger partial charge in [0.05, 0.1) is 24.5 Å². The first-order valence-electron chi connectivity index (χ1n) is 9.31. The lowest BCUT2D eigenvalue weighted by Crippen LogP contribution is -2.50. The van der Waals surface area contributed by atoms with Gasteiger partial charge >= 0.3 is 5.97 Å². The summed E-state index contributed by atoms with van der Waals surface area (Å²) in [7, 11) is 0. The van der Waals surface area contributed by atoms with Crippen molar-refractivity contribution < 1.29 is 9.63 Å². The molecule has 1 aliphatic heterocycles. The van der Waals surface area contributed by atoms with E-state index in [1.807, 2.05) is 31.9 Å². The van der Waals surface area contributed by atoms with Crippen LogP contribution >= 0.6 is 15.9 Å². The van der Waals surface area contributed by atoms with E-state index >= 15 is 0 Å². The molecule has 0 aromatic heterocycles. The second-order valence-corrected chi connectivity index (χ2v) is 8.98. The SMILES string of the molecule is Cc1ccccc1N1CCN(OC(=O)C(C)(C)C)CC1c1cccc(Br)c1. The van der Waals surface area contributed by atoms with Crippen LogP contribution in [0, 0.1) is 12.3 Å². The van der Waals surface area contributed by atoms with Crippen molar-refractivity contribution in [3.05, 3.63) is 64.1 Å². The standard InChI is InChI=1S/C22H27BrN2O2/c1-16-8-5-6-11-19(16)25-13-12-24(27-21(26)22(2,3)4)15-20(25)17-9-7-10-18(23)14-17/h5-11,14,20H,12-13,15H2,1-4H3. The van der Waals surface area contributed by atoms with Gasteiger partial charge in [-0.05, 0) is 57.0 Å². The van der Waals surface area contributed by atoms with Crippen LogP contribution in [0.25, 0.3) is 0 Å². The van der Waals surface area contributed by atoms with Crippen LogP contribution in [0.1, 0.15) is 37.9 Å². The number of aryl methyl sites for hydroxylation is 1. The van der Waals surface area contributed by atoms with Crippen molar-refractivity contribution in [2.24, 2.45) is 5.41 Å². The summed E-state index contributed by atoms with van der Waals surface area (Å²) in [4.78, 5) is 20.5. The molecule has 0 N–H and O–H groups in total. The largest absolute Gasteiger partial charge is 0.367 e. The normalized spacial score (nSPS) is 18.4. The molecule has 4 nitrogen and oxygen atoms in total. The number of carbonyl (C=O) groups excluding carboxylic acids is 1. The van der Waals surface area contributed by atoms with Gasteiger partial charge in [0.15, 0.2) is 0 Å². The summed E-state index contributed by atoms with van der Waals surface area (Å²) < 4.78 is 1.05. The zero-order chi connectivity index (χ0) is 19.6. The quantitative estimate of drug-likeness (QED) is 0.675. The van der Waals surface area contributed by atoms with Gasteiger partial charge in [-0.15, -0.1) is 5.06 Å². The Labute approximate surface area is 170 Å². The van der Waals surface area contributed by atoms with Gasteiger partial charge in [-0.25, -0.2) is 4.79 Å². The van der Waals surface area contributed by atoms with Gasteiger partial charge in [-0.2, -0.15) is 0 Å². The number of para-hydroxylation sites is 1. The third-order valence-electron chi connectivity index (χ3n) is 4.83. The average Bonchev–Trinajstić information content (AvgIpc) is 2.61. The molecule has 1 heterocycles. The Balaban J connectivity index is 1.90. The predicted molar refractivity (Wildman–Crippen MR) is 113 cm³/mol. The van der Waals surface area contributed by atoms with Crippen LogP contribution in [0.5, 0.6) is 0 Å². The maximum atomic E-state index is 12.4. The molecule has 144 valence electrons. The van der Waals surface area contributed by atoms with Crippen molar-refractivity contribution >= 4 is 27.6 Å². The van der Waals surface area contributed by atoms with E-state index < -0.39 is 5.41 Å². The molecule has 0 amide bonds. The Bertz CT molecular complexity index is 816. The highest BCUT2D eigenvalue weighted by molar-refractivity contribution is 9.10. The molecule has 1 fully saturated rings. The van der Waals surface area contributed by atoms with Crippen molar-refractivity contribution in [3.8, 4) is 0 Å². The van der Waals surface area contributed by atoms with Crippen molar-refractivity contribution in [2.75, 3.05) is 24.5 Å². The number of halogens is 1. The lowest BCUT2D eigenvalue weighted by atomic mass is 9.97. The van der Waals surface area contributed by atoms with Crippen LogP contribution in [0.4, 0.5) is 5.69 Å². The van der Waals surface area contributed by atoms with Crippen molar-refractivity contribution in [3.63, 3.8) is 0 Å². The monoisotopic (exact) mass is 430 g/mol. The third kappa shape index (κ3) is 4.71. The Kier molecular flexibility index (Phi) is 5.92. The molecule has 3 rings (SSSR count). The van der Waals surface area contributed by atoms with E-state index in [0.29, 0.717) is 13.1 Å². The van der Waals surface area contributed by atoms with Crippen LogP contribution in [-0.4, -0.2) is 30.7 Å². The number of nitrogens with zero attached hydrogens (tertiary/aromatic N) is 2. The summed E-state index contributed by atoms with van der Waals surface area (Å²) in [6.07, 6.45) is 0. The number of piperazine rings is 1. The zero-order valence-electron chi connectivity index (χ0n) is 16.4.